The first kappa shape index (κ1) is 12.4. The van der Waals surface area contributed by atoms with Gasteiger partial charge in [0.05, 0.1) is 11.1 Å². The first-order valence-electron chi connectivity index (χ1n) is 5.24. The van der Waals surface area contributed by atoms with E-state index >= 15 is 0 Å². The number of carbonyl (C=O) groups excluding carboxylic acids is 1. The summed E-state index contributed by atoms with van der Waals surface area (Å²) in [6, 6.07) is 5.89. The van der Waals surface area contributed by atoms with Gasteiger partial charge in [-0.1, -0.05) is 12.1 Å². The van der Waals surface area contributed by atoms with Crippen LogP contribution in [0.15, 0.2) is 30.3 Å². The first-order valence-corrected chi connectivity index (χ1v) is 5.24. The lowest BCUT2D eigenvalue weighted by Gasteiger charge is -2.08. The topological polar surface area (TPSA) is 17.1 Å². The lowest BCUT2D eigenvalue weighted by atomic mass is 10.0. The Balaban J connectivity index is 2.66. The van der Waals surface area contributed by atoms with Gasteiger partial charge in [0, 0.05) is 0 Å². The van der Waals surface area contributed by atoms with Crippen molar-refractivity contribution in [2.24, 2.45) is 0 Å². The van der Waals surface area contributed by atoms with Gasteiger partial charge in [-0.3, -0.25) is 4.79 Å². The van der Waals surface area contributed by atoms with Crippen LogP contribution in [0.1, 0.15) is 15.9 Å². The molecule has 2 aromatic carbocycles. The van der Waals surface area contributed by atoms with Crippen LogP contribution >= 0.6 is 0 Å². The quantitative estimate of drug-likeness (QED) is 0.739. The molecule has 0 aliphatic carbocycles. The van der Waals surface area contributed by atoms with E-state index in [9.17, 15) is 18.0 Å². The maximum absolute atomic E-state index is 13.8. The smallest absolute Gasteiger partial charge is 0.152 e. The number of halogens is 3. The minimum Gasteiger partial charge on any atom is -0.298 e. The molecule has 0 aliphatic heterocycles. The molecule has 0 saturated heterocycles. The Bertz CT molecular complexity index is 621. The number of aryl methyl sites for hydroxylation is 1. The van der Waals surface area contributed by atoms with Crippen molar-refractivity contribution in [2.75, 3.05) is 0 Å². The summed E-state index contributed by atoms with van der Waals surface area (Å²) in [5.74, 6) is -2.30. The lowest BCUT2D eigenvalue weighted by molar-refractivity contribution is 0.112. The van der Waals surface area contributed by atoms with Crippen molar-refractivity contribution in [3.8, 4) is 11.1 Å². The highest BCUT2D eigenvalue weighted by molar-refractivity contribution is 5.77. The van der Waals surface area contributed by atoms with Gasteiger partial charge in [-0.25, -0.2) is 13.2 Å². The largest absolute Gasteiger partial charge is 0.298 e. The fraction of sp³-hybridized carbons (Fsp3) is 0.0714. The number of rotatable bonds is 2. The minimum atomic E-state index is -0.803. The Hall–Kier alpha value is -2.10. The number of hydrogen-bond donors (Lipinski definition) is 0. The lowest BCUT2D eigenvalue weighted by Crippen LogP contribution is -1.95. The molecule has 0 amide bonds. The molecule has 92 valence electrons. The van der Waals surface area contributed by atoms with Crippen LogP contribution < -0.4 is 0 Å². The Labute approximate surface area is 102 Å². The molecular weight excluding hydrogens is 241 g/mol. The molecule has 0 heterocycles. The normalized spacial score (nSPS) is 10.4. The Morgan fingerprint density at radius 1 is 1.00 bits per heavy atom. The van der Waals surface area contributed by atoms with E-state index in [-0.39, 0.29) is 22.3 Å². The summed E-state index contributed by atoms with van der Waals surface area (Å²) in [6.07, 6.45) is 0.349. The number of hydrogen-bond acceptors (Lipinski definition) is 1. The van der Waals surface area contributed by atoms with Gasteiger partial charge in [-0.15, -0.1) is 0 Å². The third-order valence-electron chi connectivity index (χ3n) is 2.70. The fourth-order valence-electron chi connectivity index (χ4n) is 1.70. The molecule has 18 heavy (non-hydrogen) atoms. The molecule has 0 saturated carbocycles. The second kappa shape index (κ2) is 4.64. The zero-order valence-corrected chi connectivity index (χ0v) is 9.51. The molecule has 0 fully saturated rings. The predicted molar refractivity (Wildman–Crippen MR) is 61.9 cm³/mol. The third-order valence-corrected chi connectivity index (χ3v) is 2.70. The maximum atomic E-state index is 13.8. The summed E-state index contributed by atoms with van der Waals surface area (Å²) in [5.41, 5.74) is -0.0957. The third kappa shape index (κ3) is 2.01. The molecule has 2 aromatic rings. The zero-order chi connectivity index (χ0) is 13.3. The molecule has 0 bridgehead atoms. The molecule has 0 spiro atoms. The standard InChI is InChI=1S/C14H9F3O/c1-8-2-5-11(15)13(14(8)17)9-3-4-10(7-18)12(16)6-9/h2-7H,1H3. The fourth-order valence-corrected chi connectivity index (χ4v) is 1.70. The van der Waals surface area contributed by atoms with E-state index in [0.717, 1.165) is 12.1 Å². The van der Waals surface area contributed by atoms with E-state index in [0.29, 0.717) is 6.29 Å². The van der Waals surface area contributed by atoms with Crippen LogP contribution in [0.25, 0.3) is 11.1 Å². The van der Waals surface area contributed by atoms with Crippen molar-refractivity contribution in [2.45, 2.75) is 6.92 Å². The van der Waals surface area contributed by atoms with Gasteiger partial charge in [-0.2, -0.15) is 0 Å². The molecule has 0 aliphatic rings. The van der Waals surface area contributed by atoms with Crippen LogP contribution in [0, 0.1) is 24.4 Å². The van der Waals surface area contributed by atoms with Crippen LogP contribution in [0.4, 0.5) is 13.2 Å². The van der Waals surface area contributed by atoms with Crippen LogP contribution in [-0.2, 0) is 0 Å². The molecule has 0 atom stereocenters. The SMILES string of the molecule is Cc1ccc(F)c(-c2ccc(C=O)c(F)c2)c1F. The zero-order valence-electron chi connectivity index (χ0n) is 9.51. The van der Waals surface area contributed by atoms with Gasteiger partial charge < -0.3 is 0 Å². The van der Waals surface area contributed by atoms with Crippen molar-refractivity contribution in [1.29, 1.82) is 0 Å². The van der Waals surface area contributed by atoms with Gasteiger partial charge in [-0.05, 0) is 36.2 Å². The highest BCUT2D eigenvalue weighted by Crippen LogP contribution is 2.28. The number of aldehydes is 1. The molecule has 1 nitrogen and oxygen atoms in total. The average molecular weight is 250 g/mol. The molecule has 0 aromatic heterocycles. The summed E-state index contributed by atoms with van der Waals surface area (Å²) in [6.45, 7) is 1.49. The van der Waals surface area contributed by atoms with Crippen molar-refractivity contribution in [3.05, 3.63) is 58.9 Å². The van der Waals surface area contributed by atoms with E-state index in [2.05, 4.69) is 0 Å². The second-order valence-corrected chi connectivity index (χ2v) is 3.91. The van der Waals surface area contributed by atoms with Crippen LogP contribution in [0.3, 0.4) is 0 Å². The van der Waals surface area contributed by atoms with Crippen LogP contribution in [0.5, 0.6) is 0 Å². The van der Waals surface area contributed by atoms with E-state index in [1.54, 1.807) is 0 Å². The van der Waals surface area contributed by atoms with Crippen LogP contribution in [-0.4, -0.2) is 6.29 Å². The Kier molecular flexibility index (Phi) is 3.19. The molecular formula is C14H9F3O. The summed E-state index contributed by atoms with van der Waals surface area (Å²) >= 11 is 0. The van der Waals surface area contributed by atoms with E-state index < -0.39 is 17.5 Å². The van der Waals surface area contributed by atoms with Gasteiger partial charge >= 0.3 is 0 Å². The predicted octanol–water partition coefficient (Wildman–Crippen LogP) is 3.89. The molecule has 4 heteroatoms. The number of benzene rings is 2. The number of carbonyl (C=O) groups is 1. The highest BCUT2D eigenvalue weighted by Gasteiger charge is 2.15. The molecule has 2 rings (SSSR count). The maximum Gasteiger partial charge on any atom is 0.152 e. The Morgan fingerprint density at radius 3 is 2.33 bits per heavy atom. The summed E-state index contributed by atoms with van der Waals surface area (Å²) in [7, 11) is 0. The molecule has 0 N–H and O–H groups in total. The summed E-state index contributed by atoms with van der Waals surface area (Å²) in [4.78, 5) is 10.5. The van der Waals surface area contributed by atoms with Crippen molar-refractivity contribution in [1.82, 2.24) is 0 Å². The highest BCUT2D eigenvalue weighted by atomic mass is 19.1. The summed E-state index contributed by atoms with van der Waals surface area (Å²) in [5, 5.41) is 0. The summed E-state index contributed by atoms with van der Waals surface area (Å²) < 4.78 is 40.9. The van der Waals surface area contributed by atoms with Crippen molar-refractivity contribution in [3.63, 3.8) is 0 Å². The van der Waals surface area contributed by atoms with Crippen molar-refractivity contribution < 1.29 is 18.0 Å². The van der Waals surface area contributed by atoms with Crippen molar-refractivity contribution >= 4 is 6.29 Å². The van der Waals surface area contributed by atoms with Gasteiger partial charge in [0.2, 0.25) is 0 Å². The van der Waals surface area contributed by atoms with Gasteiger partial charge in [0.25, 0.3) is 0 Å². The van der Waals surface area contributed by atoms with Gasteiger partial charge in [0.1, 0.15) is 17.5 Å². The van der Waals surface area contributed by atoms with E-state index in [1.807, 2.05) is 0 Å². The van der Waals surface area contributed by atoms with Gasteiger partial charge in [0.15, 0.2) is 6.29 Å². The average Bonchev–Trinajstić information content (AvgIpc) is 2.35. The van der Waals surface area contributed by atoms with E-state index in [4.69, 9.17) is 0 Å². The molecule has 0 unspecified atom stereocenters. The molecule has 0 radical (unpaired) electrons. The monoisotopic (exact) mass is 250 g/mol. The minimum absolute atomic E-state index is 0.0665. The second-order valence-electron chi connectivity index (χ2n) is 3.91. The Morgan fingerprint density at radius 2 is 1.72 bits per heavy atom. The van der Waals surface area contributed by atoms with Crippen LogP contribution in [0.2, 0.25) is 0 Å². The first-order chi connectivity index (χ1) is 8.54. The van der Waals surface area contributed by atoms with E-state index in [1.165, 1.54) is 25.1 Å².